The summed E-state index contributed by atoms with van der Waals surface area (Å²) >= 11 is 0. The van der Waals surface area contributed by atoms with Crippen molar-refractivity contribution in [2.24, 2.45) is 7.05 Å². The van der Waals surface area contributed by atoms with Crippen LogP contribution in [0.15, 0.2) is 212 Å². The smallest absolute Gasteiger partial charge is 0.0720 e. The fourth-order valence-corrected chi connectivity index (χ4v) is 10.4. The number of para-hydroxylation sites is 1. The Kier molecular flexibility index (Phi) is 7.09. The number of rotatable bonds is 5. The first-order chi connectivity index (χ1) is 28.7. The Morgan fingerprint density at radius 1 is 0.397 bits per heavy atom. The van der Waals surface area contributed by atoms with Crippen molar-refractivity contribution in [2.45, 2.75) is 5.41 Å². The van der Waals surface area contributed by atoms with Gasteiger partial charge < -0.3 is 9.47 Å². The van der Waals surface area contributed by atoms with Gasteiger partial charge in [-0.25, -0.2) is 0 Å². The van der Waals surface area contributed by atoms with Crippen molar-refractivity contribution in [3.8, 4) is 11.1 Å². The average Bonchev–Trinajstić information content (AvgIpc) is 3.77. The molecule has 0 amide bonds. The second-order valence-corrected chi connectivity index (χ2v) is 15.7. The molecule has 2 nitrogen and oxygen atoms in total. The molecule has 1 aliphatic rings. The molecule has 0 aliphatic heterocycles. The van der Waals surface area contributed by atoms with Gasteiger partial charge in [-0.05, 0) is 103 Å². The number of benzene rings is 10. The Bertz CT molecular complexity index is 3360. The lowest BCUT2D eigenvalue weighted by molar-refractivity contribution is 0.775. The highest BCUT2D eigenvalue weighted by molar-refractivity contribution is 6.32. The van der Waals surface area contributed by atoms with Crippen LogP contribution in [0, 0.1) is 0 Å². The molecule has 0 radical (unpaired) electrons. The van der Waals surface area contributed by atoms with Crippen molar-refractivity contribution in [2.75, 3.05) is 4.90 Å². The minimum absolute atomic E-state index is 0.550. The van der Waals surface area contributed by atoms with Crippen LogP contribution in [-0.2, 0) is 12.5 Å². The molecule has 1 aromatic heterocycles. The van der Waals surface area contributed by atoms with Gasteiger partial charge in [-0.1, -0.05) is 170 Å². The third kappa shape index (κ3) is 4.49. The minimum Gasteiger partial charge on any atom is -0.343 e. The van der Waals surface area contributed by atoms with Gasteiger partial charge in [-0.15, -0.1) is 0 Å². The first-order valence-corrected chi connectivity index (χ1v) is 20.2. The van der Waals surface area contributed by atoms with Crippen molar-refractivity contribution < 1.29 is 0 Å². The Balaban J connectivity index is 1.16. The third-order valence-corrected chi connectivity index (χ3v) is 12.8. The molecule has 11 aromatic rings. The predicted octanol–water partition coefficient (Wildman–Crippen LogP) is 14.6. The van der Waals surface area contributed by atoms with Crippen molar-refractivity contribution in [3.05, 3.63) is 235 Å². The van der Waals surface area contributed by atoms with Gasteiger partial charge in [-0.3, -0.25) is 0 Å². The molecule has 0 fully saturated rings. The van der Waals surface area contributed by atoms with E-state index in [9.17, 15) is 0 Å². The predicted molar refractivity (Wildman–Crippen MR) is 245 cm³/mol. The van der Waals surface area contributed by atoms with E-state index in [2.05, 4.69) is 229 Å². The highest BCUT2D eigenvalue weighted by atomic mass is 15.1. The van der Waals surface area contributed by atoms with Crippen LogP contribution in [0.4, 0.5) is 17.1 Å². The highest BCUT2D eigenvalue weighted by Gasteiger charge is 2.47. The highest BCUT2D eigenvalue weighted by Crippen LogP contribution is 2.59. The SMILES string of the molecule is Cn1c2ccc(N(c3ccccc3)c3ccc4c(c3)C(c3ccccc3)(c3ccccc3)c3c-4ccc4ccccc34)cc2c2c3ccccc3c3ccccc3c21. The van der Waals surface area contributed by atoms with Gasteiger partial charge in [0.15, 0.2) is 0 Å². The summed E-state index contributed by atoms with van der Waals surface area (Å²) in [4.78, 5) is 2.45. The molecular formula is C56H38N2. The second-order valence-electron chi connectivity index (χ2n) is 15.7. The largest absolute Gasteiger partial charge is 0.343 e. The Morgan fingerprint density at radius 3 is 1.64 bits per heavy atom. The van der Waals surface area contributed by atoms with E-state index in [4.69, 9.17) is 0 Å². The standard InChI is InChI=1S/C56H38N2/c1-57-52-34-31-41(35-50(52)53-47-27-15-13-25-44(47)45-26-14-16-28-49(45)55(53)57)58(40-22-9-4-10-23-40)42-30-33-46-48-32-29-37-17-11-12-24-43(37)54(48)56(51(46)36-42,38-18-5-2-6-19-38)39-20-7-3-8-21-39/h2-36H,1H3. The number of hydrogen-bond donors (Lipinski definition) is 0. The van der Waals surface area contributed by atoms with Crippen LogP contribution < -0.4 is 4.90 Å². The van der Waals surface area contributed by atoms with Gasteiger partial charge >= 0.3 is 0 Å². The lowest BCUT2D eigenvalue weighted by Crippen LogP contribution is -2.29. The molecule has 12 rings (SSSR count). The van der Waals surface area contributed by atoms with Gasteiger partial charge in [0.2, 0.25) is 0 Å². The van der Waals surface area contributed by atoms with Crippen LogP contribution in [0.2, 0.25) is 0 Å². The van der Waals surface area contributed by atoms with E-state index in [1.54, 1.807) is 0 Å². The summed E-state index contributed by atoms with van der Waals surface area (Å²) in [5.74, 6) is 0. The topological polar surface area (TPSA) is 8.17 Å². The fraction of sp³-hybridized carbons (Fsp3) is 0.0357. The van der Waals surface area contributed by atoms with Crippen molar-refractivity contribution >= 4 is 71.2 Å². The number of aryl methyl sites for hydroxylation is 1. The molecule has 0 saturated carbocycles. The summed E-state index contributed by atoms with van der Waals surface area (Å²) in [7, 11) is 2.22. The molecular weight excluding hydrogens is 701 g/mol. The summed E-state index contributed by atoms with van der Waals surface area (Å²) in [6.07, 6.45) is 0. The van der Waals surface area contributed by atoms with Crippen molar-refractivity contribution in [1.82, 2.24) is 4.57 Å². The van der Waals surface area contributed by atoms with Gasteiger partial charge in [0, 0.05) is 45.8 Å². The van der Waals surface area contributed by atoms with E-state index < -0.39 is 5.41 Å². The van der Waals surface area contributed by atoms with Gasteiger partial charge in [0.1, 0.15) is 0 Å². The fourth-order valence-electron chi connectivity index (χ4n) is 10.4. The quantitative estimate of drug-likeness (QED) is 0.160. The number of aromatic nitrogens is 1. The van der Waals surface area contributed by atoms with E-state index in [0.29, 0.717) is 0 Å². The first kappa shape index (κ1) is 32.8. The maximum atomic E-state index is 2.48. The van der Waals surface area contributed by atoms with E-state index in [0.717, 1.165) is 17.1 Å². The van der Waals surface area contributed by atoms with Gasteiger partial charge in [-0.2, -0.15) is 0 Å². The Hall–Kier alpha value is -7.42. The van der Waals surface area contributed by atoms with E-state index in [-0.39, 0.29) is 0 Å². The van der Waals surface area contributed by atoms with Crippen LogP contribution in [0.3, 0.4) is 0 Å². The summed E-state index contributed by atoms with van der Waals surface area (Å²) in [5.41, 5.74) is 13.0. The second kappa shape index (κ2) is 12.5. The van der Waals surface area contributed by atoms with Crippen molar-refractivity contribution in [1.29, 1.82) is 0 Å². The zero-order chi connectivity index (χ0) is 38.4. The van der Waals surface area contributed by atoms with E-state index in [1.807, 2.05) is 0 Å². The molecule has 0 atom stereocenters. The first-order valence-electron chi connectivity index (χ1n) is 20.2. The monoisotopic (exact) mass is 738 g/mol. The molecule has 0 N–H and O–H groups in total. The lowest BCUT2D eigenvalue weighted by atomic mass is 9.66. The molecule has 10 aromatic carbocycles. The normalized spacial score (nSPS) is 13.1. The summed E-state index contributed by atoms with van der Waals surface area (Å²) < 4.78 is 2.39. The number of fused-ring (bicyclic) bond motifs is 13. The van der Waals surface area contributed by atoms with Crippen LogP contribution in [0.5, 0.6) is 0 Å². The molecule has 0 spiro atoms. The minimum atomic E-state index is -0.550. The van der Waals surface area contributed by atoms with Crippen LogP contribution in [0.25, 0.3) is 65.3 Å². The Labute approximate surface area is 337 Å². The molecule has 58 heavy (non-hydrogen) atoms. The van der Waals surface area contributed by atoms with E-state index >= 15 is 0 Å². The molecule has 2 heteroatoms. The number of anilines is 3. The van der Waals surface area contributed by atoms with Crippen LogP contribution in [0.1, 0.15) is 22.3 Å². The zero-order valence-electron chi connectivity index (χ0n) is 32.1. The maximum Gasteiger partial charge on any atom is 0.0720 e. The summed E-state index contributed by atoms with van der Waals surface area (Å²) in [6.45, 7) is 0. The molecule has 1 aliphatic carbocycles. The molecule has 0 unspecified atom stereocenters. The Morgan fingerprint density at radius 2 is 0.931 bits per heavy atom. The molecule has 272 valence electrons. The summed E-state index contributed by atoms with van der Waals surface area (Å²) in [5, 5.41) is 10.2. The van der Waals surface area contributed by atoms with Crippen LogP contribution >= 0.6 is 0 Å². The zero-order valence-corrected chi connectivity index (χ0v) is 32.1. The number of nitrogens with zero attached hydrogens (tertiary/aromatic N) is 2. The van der Waals surface area contributed by atoms with Gasteiger partial charge in [0.25, 0.3) is 0 Å². The third-order valence-electron chi connectivity index (χ3n) is 12.8. The van der Waals surface area contributed by atoms with E-state index in [1.165, 1.54) is 87.5 Å². The van der Waals surface area contributed by atoms with Gasteiger partial charge in [0.05, 0.1) is 10.9 Å². The molecule has 0 saturated heterocycles. The average molecular weight is 739 g/mol. The molecule has 1 heterocycles. The number of hydrogen-bond acceptors (Lipinski definition) is 1. The van der Waals surface area contributed by atoms with Crippen LogP contribution in [-0.4, -0.2) is 4.57 Å². The maximum absolute atomic E-state index is 2.48. The molecule has 0 bridgehead atoms. The van der Waals surface area contributed by atoms with Crippen molar-refractivity contribution in [3.63, 3.8) is 0 Å². The summed E-state index contributed by atoms with van der Waals surface area (Å²) in [6, 6.07) is 78.6. The lowest BCUT2D eigenvalue weighted by Gasteiger charge is -2.35.